The molecule has 5 amide bonds. The largest absolute Gasteiger partial charge is 0.334 e. The third kappa shape index (κ3) is 4.40. The SMILES string of the molecule is CCCCN1C(=O)C(=O)N(CC(=O)Nc2c(C(C)C)cccc2C(C)C)C1=O. The number of nitrogens with zero attached hydrogens (tertiary/aromatic N) is 2. The number of anilines is 1. The number of hydrogen-bond acceptors (Lipinski definition) is 4. The van der Waals surface area contributed by atoms with Crippen LogP contribution in [-0.2, 0) is 14.4 Å². The molecule has 1 aromatic carbocycles. The number of imide groups is 2. The summed E-state index contributed by atoms with van der Waals surface area (Å²) in [6.45, 7) is 9.78. The summed E-state index contributed by atoms with van der Waals surface area (Å²) in [5.41, 5.74) is 2.68. The molecule has 0 atom stereocenters. The van der Waals surface area contributed by atoms with Crippen LogP contribution in [0.4, 0.5) is 10.5 Å². The Balaban J connectivity index is 2.20. The van der Waals surface area contributed by atoms with Crippen LogP contribution in [-0.4, -0.2) is 46.6 Å². The second kappa shape index (κ2) is 8.99. The van der Waals surface area contributed by atoms with Crippen molar-refractivity contribution < 1.29 is 19.2 Å². The van der Waals surface area contributed by atoms with Crippen LogP contribution in [0.2, 0.25) is 0 Å². The van der Waals surface area contributed by atoms with Crippen LogP contribution in [0.25, 0.3) is 0 Å². The zero-order valence-corrected chi connectivity index (χ0v) is 17.2. The molecule has 1 aliphatic rings. The van der Waals surface area contributed by atoms with E-state index in [0.29, 0.717) is 12.1 Å². The predicted octanol–water partition coefficient (Wildman–Crippen LogP) is 3.46. The van der Waals surface area contributed by atoms with Crippen LogP contribution in [0.5, 0.6) is 0 Å². The van der Waals surface area contributed by atoms with E-state index < -0.39 is 30.3 Å². The van der Waals surface area contributed by atoms with E-state index in [2.05, 4.69) is 5.32 Å². The van der Waals surface area contributed by atoms with Crippen molar-refractivity contribution in [3.05, 3.63) is 29.3 Å². The van der Waals surface area contributed by atoms with Gasteiger partial charge in [0.25, 0.3) is 0 Å². The molecule has 1 N–H and O–H groups in total. The van der Waals surface area contributed by atoms with Gasteiger partial charge >= 0.3 is 17.8 Å². The van der Waals surface area contributed by atoms with E-state index in [1.807, 2.05) is 52.8 Å². The number of carbonyl (C=O) groups is 4. The van der Waals surface area contributed by atoms with E-state index in [4.69, 9.17) is 0 Å². The van der Waals surface area contributed by atoms with Gasteiger partial charge in [0.2, 0.25) is 5.91 Å². The van der Waals surface area contributed by atoms with Gasteiger partial charge in [-0.05, 0) is 29.4 Å². The van der Waals surface area contributed by atoms with Gasteiger partial charge in [0.1, 0.15) is 6.54 Å². The van der Waals surface area contributed by atoms with E-state index in [-0.39, 0.29) is 18.4 Å². The summed E-state index contributed by atoms with van der Waals surface area (Å²) in [5, 5.41) is 2.87. The fourth-order valence-electron chi connectivity index (χ4n) is 3.22. The minimum Gasteiger partial charge on any atom is -0.324 e. The van der Waals surface area contributed by atoms with Crippen molar-refractivity contribution >= 4 is 29.4 Å². The molecule has 1 heterocycles. The number of carbonyl (C=O) groups excluding carboxylic acids is 4. The van der Waals surface area contributed by atoms with Crippen molar-refractivity contribution in [1.82, 2.24) is 9.80 Å². The smallest absolute Gasteiger partial charge is 0.324 e. The molecule has 7 heteroatoms. The molecular weight excluding hydrogens is 358 g/mol. The van der Waals surface area contributed by atoms with Gasteiger partial charge < -0.3 is 5.32 Å². The molecule has 1 aliphatic heterocycles. The number of amides is 5. The van der Waals surface area contributed by atoms with Crippen molar-refractivity contribution in [2.45, 2.75) is 59.3 Å². The van der Waals surface area contributed by atoms with Gasteiger partial charge in [0.05, 0.1) is 0 Å². The maximum atomic E-state index is 12.6. The van der Waals surface area contributed by atoms with Gasteiger partial charge in [-0.25, -0.2) is 9.69 Å². The summed E-state index contributed by atoms with van der Waals surface area (Å²) < 4.78 is 0. The van der Waals surface area contributed by atoms with E-state index in [1.54, 1.807) is 0 Å². The molecule has 152 valence electrons. The second-order valence-corrected chi connectivity index (χ2v) is 7.65. The fourth-order valence-corrected chi connectivity index (χ4v) is 3.22. The highest BCUT2D eigenvalue weighted by Crippen LogP contribution is 2.32. The van der Waals surface area contributed by atoms with E-state index in [1.165, 1.54) is 0 Å². The number of nitrogens with one attached hydrogen (secondary N) is 1. The highest BCUT2D eigenvalue weighted by molar-refractivity contribution is 6.45. The average molecular weight is 387 g/mol. The van der Waals surface area contributed by atoms with E-state index in [0.717, 1.165) is 27.3 Å². The third-order valence-corrected chi connectivity index (χ3v) is 4.81. The second-order valence-electron chi connectivity index (χ2n) is 7.65. The third-order valence-electron chi connectivity index (χ3n) is 4.81. The first-order valence-corrected chi connectivity index (χ1v) is 9.78. The first-order chi connectivity index (χ1) is 13.2. The fraction of sp³-hybridized carbons (Fsp3) is 0.524. The molecule has 0 aliphatic carbocycles. The Hall–Kier alpha value is -2.70. The van der Waals surface area contributed by atoms with Crippen LogP contribution in [0.1, 0.15) is 70.4 Å². The zero-order valence-electron chi connectivity index (χ0n) is 17.2. The molecule has 1 aromatic rings. The Morgan fingerprint density at radius 1 is 0.964 bits per heavy atom. The standard InChI is InChI=1S/C21H29N3O4/c1-6-7-11-23-19(26)20(27)24(21(23)28)12-17(25)22-18-15(13(2)3)9-8-10-16(18)14(4)5/h8-10,13-14H,6-7,11-12H2,1-5H3,(H,22,25). The Kier molecular flexibility index (Phi) is 6.94. The number of rotatable bonds is 8. The molecule has 0 bridgehead atoms. The Labute approximate surface area is 166 Å². The Morgan fingerprint density at radius 3 is 2.00 bits per heavy atom. The van der Waals surface area contributed by atoms with Crippen LogP contribution < -0.4 is 5.32 Å². The topological polar surface area (TPSA) is 86.8 Å². The van der Waals surface area contributed by atoms with Gasteiger partial charge in [-0.2, -0.15) is 0 Å². The Bertz CT molecular complexity index is 760. The molecule has 1 fully saturated rings. The van der Waals surface area contributed by atoms with Crippen LogP contribution >= 0.6 is 0 Å². The maximum absolute atomic E-state index is 12.6. The summed E-state index contributed by atoms with van der Waals surface area (Å²) >= 11 is 0. The maximum Gasteiger partial charge on any atom is 0.334 e. The lowest BCUT2D eigenvalue weighted by Gasteiger charge is -2.21. The van der Waals surface area contributed by atoms with Crippen molar-refractivity contribution in [3.8, 4) is 0 Å². The number of benzene rings is 1. The molecule has 0 spiro atoms. The highest BCUT2D eigenvalue weighted by atomic mass is 16.2. The lowest BCUT2D eigenvalue weighted by Crippen LogP contribution is -2.39. The number of unbranched alkanes of at least 4 members (excludes halogenated alkanes) is 1. The molecule has 0 aromatic heterocycles. The average Bonchev–Trinajstić information content (AvgIpc) is 2.83. The first kappa shape index (κ1) is 21.6. The monoisotopic (exact) mass is 387 g/mol. The normalized spacial score (nSPS) is 14.6. The van der Waals surface area contributed by atoms with Crippen molar-refractivity contribution in [2.75, 3.05) is 18.4 Å². The lowest BCUT2D eigenvalue weighted by molar-refractivity contribution is -0.143. The summed E-state index contributed by atoms with van der Waals surface area (Å²) in [5.74, 6) is -1.93. The summed E-state index contributed by atoms with van der Waals surface area (Å²) in [4.78, 5) is 50.9. The van der Waals surface area contributed by atoms with Crippen molar-refractivity contribution in [2.24, 2.45) is 0 Å². The van der Waals surface area contributed by atoms with Gasteiger partial charge in [-0.3, -0.25) is 19.3 Å². The summed E-state index contributed by atoms with van der Waals surface area (Å²) in [7, 11) is 0. The number of para-hydroxylation sites is 1. The predicted molar refractivity (Wildman–Crippen MR) is 107 cm³/mol. The highest BCUT2D eigenvalue weighted by Gasteiger charge is 2.44. The van der Waals surface area contributed by atoms with E-state index >= 15 is 0 Å². The first-order valence-electron chi connectivity index (χ1n) is 9.78. The van der Waals surface area contributed by atoms with Gasteiger partial charge in [-0.15, -0.1) is 0 Å². The molecule has 0 saturated carbocycles. The molecule has 2 rings (SSSR count). The summed E-state index contributed by atoms with van der Waals surface area (Å²) in [6.07, 6.45) is 1.40. The number of urea groups is 1. The van der Waals surface area contributed by atoms with Gasteiger partial charge in [0.15, 0.2) is 0 Å². The minimum atomic E-state index is -0.947. The van der Waals surface area contributed by atoms with Gasteiger partial charge in [-0.1, -0.05) is 59.2 Å². The minimum absolute atomic E-state index is 0.186. The quantitative estimate of drug-likeness (QED) is 0.547. The molecule has 1 saturated heterocycles. The molecule has 28 heavy (non-hydrogen) atoms. The van der Waals surface area contributed by atoms with Crippen molar-refractivity contribution in [3.63, 3.8) is 0 Å². The van der Waals surface area contributed by atoms with Crippen LogP contribution in [0.3, 0.4) is 0 Å². The number of hydrogen-bond donors (Lipinski definition) is 1. The van der Waals surface area contributed by atoms with Crippen molar-refractivity contribution in [1.29, 1.82) is 0 Å². The zero-order chi connectivity index (χ0) is 21.0. The van der Waals surface area contributed by atoms with E-state index in [9.17, 15) is 19.2 Å². The lowest BCUT2D eigenvalue weighted by atomic mass is 9.92. The van der Waals surface area contributed by atoms with Gasteiger partial charge in [0, 0.05) is 12.2 Å². The summed E-state index contributed by atoms with van der Waals surface area (Å²) in [6, 6.07) is 5.14. The molecular formula is C21H29N3O4. The van der Waals surface area contributed by atoms with Crippen LogP contribution in [0.15, 0.2) is 18.2 Å². The Morgan fingerprint density at radius 2 is 1.50 bits per heavy atom. The molecule has 7 nitrogen and oxygen atoms in total. The molecule has 0 unspecified atom stereocenters. The van der Waals surface area contributed by atoms with Crippen LogP contribution in [0, 0.1) is 0 Å². The molecule has 0 radical (unpaired) electrons.